The maximum atomic E-state index is 13.3. The summed E-state index contributed by atoms with van der Waals surface area (Å²) >= 11 is 0. The molecule has 0 unspecified atom stereocenters. The molecule has 1 atom stereocenters. The number of rotatable bonds is 5. The van der Waals surface area contributed by atoms with Crippen molar-refractivity contribution in [1.82, 2.24) is 10.3 Å². The van der Waals surface area contributed by atoms with Crippen molar-refractivity contribution in [3.05, 3.63) is 46.0 Å². The maximum absolute atomic E-state index is 13.3. The lowest BCUT2D eigenvalue weighted by molar-refractivity contribution is -0.139. The van der Waals surface area contributed by atoms with Crippen molar-refractivity contribution in [3.8, 4) is 0 Å². The average molecular weight is 320 g/mol. The number of carboxylic acids is 1. The Balaban J connectivity index is 2.40. The van der Waals surface area contributed by atoms with E-state index in [1.165, 1.54) is 12.1 Å². The molecule has 23 heavy (non-hydrogen) atoms. The van der Waals surface area contributed by atoms with Gasteiger partial charge in [0.15, 0.2) is 0 Å². The summed E-state index contributed by atoms with van der Waals surface area (Å²) in [6.07, 6.45) is 0.261. The Kier molecular flexibility index (Phi) is 4.78. The molecule has 0 spiro atoms. The van der Waals surface area contributed by atoms with Crippen LogP contribution in [0.15, 0.2) is 29.1 Å². The second-order valence-corrected chi connectivity index (χ2v) is 5.73. The summed E-state index contributed by atoms with van der Waals surface area (Å²) in [5.74, 6) is -2.30. The van der Waals surface area contributed by atoms with Crippen LogP contribution in [0, 0.1) is 11.7 Å². The Labute approximate surface area is 131 Å². The topological polar surface area (TPSA) is 99.3 Å². The molecule has 1 aromatic carbocycles. The number of benzene rings is 1. The van der Waals surface area contributed by atoms with Crippen LogP contribution in [0.2, 0.25) is 0 Å². The minimum atomic E-state index is -1.15. The molecule has 2 rings (SSSR count). The molecule has 3 N–H and O–H groups in total. The number of H-pyrrole nitrogens is 1. The van der Waals surface area contributed by atoms with Crippen molar-refractivity contribution >= 4 is 22.8 Å². The number of carboxylic acid groups (broad SMARTS) is 1. The van der Waals surface area contributed by atoms with E-state index in [9.17, 15) is 23.9 Å². The number of fused-ring (bicyclic) bond motifs is 1. The zero-order valence-electron chi connectivity index (χ0n) is 12.7. The molecule has 1 aromatic heterocycles. The largest absolute Gasteiger partial charge is 0.480 e. The van der Waals surface area contributed by atoms with Gasteiger partial charge in [-0.3, -0.25) is 9.59 Å². The van der Waals surface area contributed by atoms with Gasteiger partial charge in [-0.1, -0.05) is 13.8 Å². The van der Waals surface area contributed by atoms with E-state index in [1.807, 2.05) is 13.8 Å². The molecular weight excluding hydrogens is 303 g/mol. The minimum absolute atomic E-state index is 0.0127. The highest BCUT2D eigenvalue weighted by molar-refractivity contribution is 6.06. The second kappa shape index (κ2) is 6.60. The first-order chi connectivity index (χ1) is 10.8. The van der Waals surface area contributed by atoms with Gasteiger partial charge in [0.2, 0.25) is 5.56 Å². The third-order valence-electron chi connectivity index (χ3n) is 3.36. The van der Waals surface area contributed by atoms with Crippen LogP contribution in [0.25, 0.3) is 10.9 Å². The van der Waals surface area contributed by atoms with Crippen molar-refractivity contribution < 1.29 is 19.1 Å². The lowest BCUT2D eigenvalue weighted by Gasteiger charge is -2.17. The molecule has 0 aliphatic heterocycles. The molecule has 1 heterocycles. The van der Waals surface area contributed by atoms with Gasteiger partial charge < -0.3 is 15.4 Å². The highest BCUT2D eigenvalue weighted by Crippen LogP contribution is 2.17. The first-order valence-electron chi connectivity index (χ1n) is 7.14. The first-order valence-corrected chi connectivity index (χ1v) is 7.14. The molecule has 0 saturated carbocycles. The van der Waals surface area contributed by atoms with Crippen LogP contribution >= 0.6 is 0 Å². The van der Waals surface area contributed by atoms with Crippen LogP contribution in [-0.4, -0.2) is 28.0 Å². The van der Waals surface area contributed by atoms with E-state index in [0.717, 1.165) is 12.1 Å². The van der Waals surface area contributed by atoms with Gasteiger partial charge >= 0.3 is 5.97 Å². The second-order valence-electron chi connectivity index (χ2n) is 5.73. The quantitative estimate of drug-likeness (QED) is 0.783. The average Bonchev–Trinajstić information content (AvgIpc) is 2.44. The highest BCUT2D eigenvalue weighted by Gasteiger charge is 2.23. The SMILES string of the molecule is CC(C)C[C@@H](NC(=O)c1cc(=O)[nH]c2cc(F)ccc12)C(=O)O. The van der Waals surface area contributed by atoms with E-state index in [0.29, 0.717) is 5.39 Å². The van der Waals surface area contributed by atoms with Crippen LogP contribution in [0.1, 0.15) is 30.6 Å². The number of aromatic nitrogens is 1. The standard InChI is InChI=1S/C16H17FN2O4/c1-8(2)5-13(16(22)23)19-15(21)11-7-14(20)18-12-6-9(17)3-4-10(11)12/h3-4,6-8,13H,5H2,1-2H3,(H,18,20)(H,19,21)(H,22,23)/t13-/m1/s1. The number of halogens is 1. The number of hydrogen-bond donors (Lipinski definition) is 3. The van der Waals surface area contributed by atoms with Gasteiger partial charge in [0.25, 0.3) is 5.91 Å². The Bertz CT molecular complexity index is 813. The molecule has 7 heteroatoms. The number of carbonyl (C=O) groups excluding carboxylic acids is 1. The predicted molar refractivity (Wildman–Crippen MR) is 82.9 cm³/mol. The number of carbonyl (C=O) groups is 2. The number of hydrogen-bond acceptors (Lipinski definition) is 3. The van der Waals surface area contributed by atoms with Crippen LogP contribution in [-0.2, 0) is 4.79 Å². The van der Waals surface area contributed by atoms with Crippen molar-refractivity contribution in [2.45, 2.75) is 26.3 Å². The summed E-state index contributed by atoms with van der Waals surface area (Å²) in [6.45, 7) is 3.68. The number of amides is 1. The maximum Gasteiger partial charge on any atom is 0.326 e. The van der Waals surface area contributed by atoms with Gasteiger partial charge in [0.1, 0.15) is 11.9 Å². The van der Waals surface area contributed by atoms with Crippen LogP contribution in [0.4, 0.5) is 4.39 Å². The van der Waals surface area contributed by atoms with Gasteiger partial charge in [-0.15, -0.1) is 0 Å². The van der Waals surface area contributed by atoms with E-state index in [1.54, 1.807) is 0 Å². The molecular formula is C16H17FN2O4. The molecule has 0 fully saturated rings. The van der Waals surface area contributed by atoms with Crippen molar-refractivity contribution in [2.75, 3.05) is 0 Å². The van der Waals surface area contributed by atoms with Gasteiger partial charge in [-0.05, 0) is 30.5 Å². The van der Waals surface area contributed by atoms with Crippen LogP contribution in [0.3, 0.4) is 0 Å². The van der Waals surface area contributed by atoms with Gasteiger partial charge in [-0.2, -0.15) is 0 Å². The molecule has 6 nitrogen and oxygen atoms in total. The molecule has 2 aromatic rings. The number of nitrogens with one attached hydrogen (secondary N) is 2. The van der Waals surface area contributed by atoms with Gasteiger partial charge in [0.05, 0.1) is 11.1 Å². The van der Waals surface area contributed by atoms with Crippen molar-refractivity contribution in [1.29, 1.82) is 0 Å². The summed E-state index contributed by atoms with van der Waals surface area (Å²) in [5.41, 5.74) is -0.374. The van der Waals surface area contributed by atoms with E-state index >= 15 is 0 Å². The van der Waals surface area contributed by atoms with E-state index < -0.39 is 29.3 Å². The minimum Gasteiger partial charge on any atom is -0.480 e. The van der Waals surface area contributed by atoms with Crippen LogP contribution < -0.4 is 10.9 Å². The monoisotopic (exact) mass is 320 g/mol. The molecule has 0 aliphatic rings. The molecule has 122 valence electrons. The first kappa shape index (κ1) is 16.7. The van der Waals surface area contributed by atoms with E-state index in [-0.39, 0.29) is 23.4 Å². The summed E-state index contributed by atoms with van der Waals surface area (Å²) in [5, 5.41) is 11.9. The van der Waals surface area contributed by atoms with E-state index in [2.05, 4.69) is 10.3 Å². The number of aromatic amines is 1. The molecule has 1 amide bonds. The Morgan fingerprint density at radius 3 is 2.61 bits per heavy atom. The summed E-state index contributed by atoms with van der Waals surface area (Å²) < 4.78 is 13.3. The molecule has 0 radical (unpaired) electrons. The fraction of sp³-hybridized carbons (Fsp3) is 0.312. The Morgan fingerprint density at radius 2 is 2.00 bits per heavy atom. The Hall–Kier alpha value is -2.70. The number of aliphatic carboxylic acids is 1. The van der Waals surface area contributed by atoms with Crippen molar-refractivity contribution in [3.63, 3.8) is 0 Å². The predicted octanol–water partition coefficient (Wildman–Crippen LogP) is 1.90. The third kappa shape index (κ3) is 3.94. The highest BCUT2D eigenvalue weighted by atomic mass is 19.1. The fourth-order valence-electron chi connectivity index (χ4n) is 2.35. The third-order valence-corrected chi connectivity index (χ3v) is 3.36. The zero-order chi connectivity index (χ0) is 17.1. The van der Waals surface area contributed by atoms with Gasteiger partial charge in [0, 0.05) is 11.5 Å². The molecule has 0 saturated heterocycles. The van der Waals surface area contributed by atoms with Gasteiger partial charge in [-0.25, -0.2) is 9.18 Å². The van der Waals surface area contributed by atoms with Crippen LogP contribution in [0.5, 0.6) is 0 Å². The zero-order valence-corrected chi connectivity index (χ0v) is 12.7. The fourth-order valence-corrected chi connectivity index (χ4v) is 2.35. The molecule has 0 bridgehead atoms. The summed E-state index contributed by atoms with van der Waals surface area (Å²) in [4.78, 5) is 37.7. The number of pyridine rings is 1. The summed E-state index contributed by atoms with van der Waals surface area (Å²) in [6, 6.07) is 3.66. The smallest absolute Gasteiger partial charge is 0.326 e. The normalized spacial score (nSPS) is 12.3. The Morgan fingerprint density at radius 1 is 1.30 bits per heavy atom. The van der Waals surface area contributed by atoms with Crippen molar-refractivity contribution in [2.24, 2.45) is 5.92 Å². The lowest BCUT2D eigenvalue weighted by atomic mass is 10.0. The molecule has 0 aliphatic carbocycles. The summed E-state index contributed by atoms with van der Waals surface area (Å²) in [7, 11) is 0. The van der Waals surface area contributed by atoms with E-state index in [4.69, 9.17) is 0 Å². The lowest BCUT2D eigenvalue weighted by Crippen LogP contribution is -2.42.